The number of benzene rings is 1. The molecule has 0 atom stereocenters. The van der Waals surface area contributed by atoms with E-state index in [1.807, 2.05) is 6.20 Å². The molecule has 1 aromatic heterocycles. The molecule has 1 aliphatic heterocycles. The average Bonchev–Trinajstić information content (AvgIpc) is 3.38. The topological polar surface area (TPSA) is 44.3 Å². The number of aromatic nitrogens is 2. The van der Waals surface area contributed by atoms with Gasteiger partial charge in [-0.25, -0.2) is 9.97 Å². The molecule has 5 heteroatoms. The van der Waals surface area contributed by atoms with Gasteiger partial charge < -0.3 is 15.1 Å². The second-order valence-electron chi connectivity index (χ2n) is 8.45. The molecule has 146 valence electrons. The van der Waals surface area contributed by atoms with Crippen molar-refractivity contribution in [3.8, 4) is 0 Å². The Morgan fingerprint density at radius 3 is 2.71 bits per heavy atom. The van der Waals surface area contributed by atoms with Crippen molar-refractivity contribution < 1.29 is 0 Å². The summed E-state index contributed by atoms with van der Waals surface area (Å²) in [5.41, 5.74) is 6.27. The zero-order chi connectivity index (χ0) is 18.9. The van der Waals surface area contributed by atoms with Gasteiger partial charge in [0.25, 0.3) is 0 Å². The van der Waals surface area contributed by atoms with Crippen LogP contribution in [0.4, 0.5) is 17.3 Å². The molecule has 1 saturated carbocycles. The predicted octanol–water partition coefficient (Wildman–Crippen LogP) is 4.10. The van der Waals surface area contributed by atoms with Crippen LogP contribution >= 0.6 is 0 Å². The lowest BCUT2D eigenvalue weighted by Gasteiger charge is -2.34. The highest BCUT2D eigenvalue weighted by Gasteiger charge is 2.24. The Balaban J connectivity index is 1.31. The highest BCUT2D eigenvalue weighted by atomic mass is 15.2. The zero-order valence-corrected chi connectivity index (χ0v) is 16.7. The van der Waals surface area contributed by atoms with Crippen LogP contribution in [0.15, 0.2) is 36.0 Å². The first kappa shape index (κ1) is 17.7. The molecule has 2 fully saturated rings. The molecule has 1 saturated heterocycles. The Morgan fingerprint density at radius 1 is 1.07 bits per heavy atom. The number of nitrogens with zero attached hydrogens (tertiary/aromatic N) is 4. The van der Waals surface area contributed by atoms with E-state index in [0.717, 1.165) is 49.9 Å². The van der Waals surface area contributed by atoms with E-state index in [0.29, 0.717) is 5.95 Å². The van der Waals surface area contributed by atoms with Crippen molar-refractivity contribution in [2.45, 2.75) is 32.1 Å². The summed E-state index contributed by atoms with van der Waals surface area (Å²) in [6, 6.07) is 8.61. The Morgan fingerprint density at radius 2 is 1.89 bits per heavy atom. The van der Waals surface area contributed by atoms with E-state index in [4.69, 9.17) is 4.98 Å². The fourth-order valence-corrected chi connectivity index (χ4v) is 4.72. The summed E-state index contributed by atoms with van der Waals surface area (Å²) in [6.07, 6.45) is 10.8. The second kappa shape index (κ2) is 7.55. The highest BCUT2D eigenvalue weighted by molar-refractivity contribution is 5.65. The first-order valence-electron chi connectivity index (χ1n) is 10.6. The van der Waals surface area contributed by atoms with Gasteiger partial charge in [-0.1, -0.05) is 24.5 Å². The summed E-state index contributed by atoms with van der Waals surface area (Å²) in [4.78, 5) is 14.2. The fourth-order valence-electron chi connectivity index (χ4n) is 4.72. The maximum Gasteiger partial charge on any atom is 0.227 e. The SMILES string of the molecule is CN1CCN(c2cccc(Nc3ncc4c(n3)C=C(C3CCCC3)C4)c2)CC1. The number of likely N-dealkylation sites (N-methyl/N-ethyl adjacent to an activating group) is 1. The maximum atomic E-state index is 4.80. The minimum absolute atomic E-state index is 0.693. The first-order valence-corrected chi connectivity index (χ1v) is 10.6. The molecule has 2 aliphatic carbocycles. The number of piperazine rings is 1. The fraction of sp³-hybridized carbons (Fsp3) is 0.478. The monoisotopic (exact) mass is 375 g/mol. The van der Waals surface area contributed by atoms with E-state index in [9.17, 15) is 0 Å². The molecule has 0 bridgehead atoms. The minimum atomic E-state index is 0.693. The van der Waals surface area contributed by atoms with Crippen molar-refractivity contribution in [1.82, 2.24) is 14.9 Å². The Bertz CT molecular complexity index is 876. The summed E-state index contributed by atoms with van der Waals surface area (Å²) < 4.78 is 0. The molecule has 2 heterocycles. The highest BCUT2D eigenvalue weighted by Crippen LogP contribution is 2.37. The molecule has 5 nitrogen and oxygen atoms in total. The van der Waals surface area contributed by atoms with Gasteiger partial charge in [-0.2, -0.15) is 0 Å². The third kappa shape index (κ3) is 3.63. The quantitative estimate of drug-likeness (QED) is 0.872. The van der Waals surface area contributed by atoms with Gasteiger partial charge in [0.2, 0.25) is 5.95 Å². The summed E-state index contributed by atoms with van der Waals surface area (Å²) in [5, 5.41) is 3.42. The van der Waals surface area contributed by atoms with Crippen LogP contribution in [0.5, 0.6) is 0 Å². The van der Waals surface area contributed by atoms with Gasteiger partial charge in [0, 0.05) is 49.3 Å². The molecule has 2 aromatic rings. The van der Waals surface area contributed by atoms with E-state index in [1.165, 1.54) is 36.9 Å². The maximum absolute atomic E-state index is 4.80. The summed E-state index contributed by atoms with van der Waals surface area (Å²) in [6.45, 7) is 4.37. The van der Waals surface area contributed by atoms with Gasteiger partial charge in [-0.3, -0.25) is 0 Å². The Hall–Kier alpha value is -2.40. The number of hydrogen-bond donors (Lipinski definition) is 1. The summed E-state index contributed by atoms with van der Waals surface area (Å²) in [7, 11) is 2.19. The number of allylic oxidation sites excluding steroid dienone is 1. The van der Waals surface area contributed by atoms with Crippen LogP contribution in [0.3, 0.4) is 0 Å². The van der Waals surface area contributed by atoms with Crippen molar-refractivity contribution in [2.24, 2.45) is 5.92 Å². The van der Waals surface area contributed by atoms with Crippen LogP contribution in [-0.2, 0) is 6.42 Å². The molecule has 5 rings (SSSR count). The van der Waals surface area contributed by atoms with Crippen molar-refractivity contribution in [3.63, 3.8) is 0 Å². The Labute approximate surface area is 167 Å². The lowest BCUT2D eigenvalue weighted by atomic mass is 9.96. The number of nitrogens with one attached hydrogen (secondary N) is 1. The molecule has 1 aromatic carbocycles. The predicted molar refractivity (Wildman–Crippen MR) is 115 cm³/mol. The van der Waals surface area contributed by atoms with E-state index >= 15 is 0 Å². The van der Waals surface area contributed by atoms with Gasteiger partial charge in [0.15, 0.2) is 0 Å². The molecule has 0 radical (unpaired) electrons. The van der Waals surface area contributed by atoms with Crippen LogP contribution in [0, 0.1) is 5.92 Å². The number of rotatable bonds is 4. The molecule has 0 spiro atoms. The average molecular weight is 376 g/mol. The van der Waals surface area contributed by atoms with Crippen molar-refractivity contribution in [2.75, 3.05) is 43.4 Å². The van der Waals surface area contributed by atoms with E-state index < -0.39 is 0 Å². The van der Waals surface area contributed by atoms with Crippen LogP contribution in [0.2, 0.25) is 0 Å². The molecule has 28 heavy (non-hydrogen) atoms. The summed E-state index contributed by atoms with van der Waals surface area (Å²) in [5.74, 6) is 1.46. The minimum Gasteiger partial charge on any atom is -0.369 e. The number of hydrogen-bond acceptors (Lipinski definition) is 5. The van der Waals surface area contributed by atoms with E-state index in [-0.39, 0.29) is 0 Å². The first-order chi connectivity index (χ1) is 13.7. The smallest absolute Gasteiger partial charge is 0.227 e. The van der Waals surface area contributed by atoms with Crippen LogP contribution in [0.1, 0.15) is 36.9 Å². The van der Waals surface area contributed by atoms with Gasteiger partial charge in [0.05, 0.1) is 5.69 Å². The van der Waals surface area contributed by atoms with Gasteiger partial charge in [-0.05, 0) is 56.5 Å². The molecule has 0 unspecified atom stereocenters. The third-order valence-electron chi connectivity index (χ3n) is 6.46. The lowest BCUT2D eigenvalue weighted by molar-refractivity contribution is 0.313. The number of fused-ring (bicyclic) bond motifs is 1. The van der Waals surface area contributed by atoms with Gasteiger partial charge >= 0.3 is 0 Å². The van der Waals surface area contributed by atoms with Gasteiger partial charge in [0.1, 0.15) is 0 Å². The molecular formula is C23H29N5. The van der Waals surface area contributed by atoms with Gasteiger partial charge in [-0.15, -0.1) is 0 Å². The summed E-state index contributed by atoms with van der Waals surface area (Å²) >= 11 is 0. The van der Waals surface area contributed by atoms with Crippen LogP contribution < -0.4 is 10.2 Å². The van der Waals surface area contributed by atoms with E-state index in [1.54, 1.807) is 5.57 Å². The molecule has 3 aliphatic rings. The lowest BCUT2D eigenvalue weighted by Crippen LogP contribution is -2.44. The molecule has 1 N–H and O–H groups in total. The van der Waals surface area contributed by atoms with Crippen molar-refractivity contribution in [1.29, 1.82) is 0 Å². The van der Waals surface area contributed by atoms with Crippen molar-refractivity contribution in [3.05, 3.63) is 47.3 Å². The van der Waals surface area contributed by atoms with Crippen LogP contribution in [-0.4, -0.2) is 48.1 Å². The molecular weight excluding hydrogens is 346 g/mol. The Kier molecular flexibility index (Phi) is 4.77. The van der Waals surface area contributed by atoms with E-state index in [2.05, 4.69) is 57.5 Å². The largest absolute Gasteiger partial charge is 0.369 e. The van der Waals surface area contributed by atoms with Crippen LogP contribution in [0.25, 0.3) is 6.08 Å². The normalized spacial score (nSPS) is 20.3. The molecule has 0 amide bonds. The standard InChI is InChI=1S/C23H29N5/c1-27-9-11-28(12-10-27)21-8-4-7-20(15-21)25-23-24-16-19-13-18(14-22(19)26-23)17-5-2-3-6-17/h4,7-8,14-17H,2-3,5-6,9-13H2,1H3,(H,24,25,26). The third-order valence-corrected chi connectivity index (χ3v) is 6.46. The second-order valence-corrected chi connectivity index (χ2v) is 8.45. The number of anilines is 3. The van der Waals surface area contributed by atoms with Crippen molar-refractivity contribution >= 4 is 23.4 Å². The zero-order valence-electron chi connectivity index (χ0n) is 16.7.